The van der Waals surface area contributed by atoms with Crippen LogP contribution < -0.4 is 5.49 Å². The van der Waals surface area contributed by atoms with E-state index < -0.39 is 46.8 Å². The standard InChI is InChI=1S/C16H25N5O10P2/c17-14-11-15-19-8-20(14)5-3-1-2-4-6-28-32(24,25)31-33(26,27)29-7-10-12(22)13(23)16(30-10)21(15)9-18-11/h8-10,12-13,16-17,22-23H,1-7H2,(H,24,25)(H,26,27)/t10-,12-,13-,16-/m1/s1. The molecule has 0 spiro atoms. The van der Waals surface area contributed by atoms with Gasteiger partial charge in [-0.1, -0.05) is 12.8 Å². The molecule has 33 heavy (non-hydrogen) atoms. The molecular formula is C16H25N5O10P2. The molecule has 1 saturated heterocycles. The van der Waals surface area contributed by atoms with E-state index in [9.17, 15) is 29.1 Å². The number of aliphatic hydroxyl groups excluding tert-OH is 2. The van der Waals surface area contributed by atoms with Gasteiger partial charge in [0.25, 0.3) is 0 Å². The van der Waals surface area contributed by atoms with Gasteiger partial charge < -0.3 is 29.3 Å². The SMILES string of the molecule is N=c1c2ncn3c2ncn1CCCCCCOP(=O)(O)OP(=O)(O)OC[C@H]1O[C@@H]3[C@H](O)[C@@H]1O. The number of hydrogen-bond acceptors (Lipinski definition) is 11. The molecule has 0 aromatic carbocycles. The number of nitrogens with one attached hydrogen (secondary N) is 1. The third kappa shape index (κ3) is 5.43. The summed E-state index contributed by atoms with van der Waals surface area (Å²) in [6.45, 7) is -0.439. The first-order chi connectivity index (χ1) is 15.6. The molecule has 184 valence electrons. The van der Waals surface area contributed by atoms with E-state index in [1.807, 2.05) is 0 Å². The average molecular weight is 509 g/mol. The number of aliphatic hydroxyl groups is 2. The first-order valence-electron chi connectivity index (χ1n) is 10.2. The van der Waals surface area contributed by atoms with E-state index >= 15 is 0 Å². The zero-order valence-corrected chi connectivity index (χ0v) is 19.1. The molecule has 6 atom stereocenters. The third-order valence-electron chi connectivity index (χ3n) is 5.37. The fourth-order valence-corrected chi connectivity index (χ4v) is 5.80. The average Bonchev–Trinajstić information content (AvgIpc) is 3.28. The van der Waals surface area contributed by atoms with Gasteiger partial charge in [0.15, 0.2) is 17.4 Å². The summed E-state index contributed by atoms with van der Waals surface area (Å²) in [6, 6.07) is 0. The van der Waals surface area contributed by atoms with Crippen molar-refractivity contribution in [2.75, 3.05) is 13.2 Å². The number of aromatic nitrogens is 4. The third-order valence-corrected chi connectivity index (χ3v) is 8.00. The normalized spacial score (nSPS) is 37.0. The summed E-state index contributed by atoms with van der Waals surface area (Å²) in [4.78, 5) is 28.0. The number of nitrogens with zero attached hydrogens (tertiary/aromatic N) is 4. The molecule has 15 nitrogen and oxygen atoms in total. The molecule has 5 heterocycles. The van der Waals surface area contributed by atoms with Crippen LogP contribution in [0.15, 0.2) is 12.7 Å². The summed E-state index contributed by atoms with van der Waals surface area (Å²) >= 11 is 0. The molecule has 0 amide bonds. The van der Waals surface area contributed by atoms with Gasteiger partial charge in [0.2, 0.25) is 0 Å². The Morgan fingerprint density at radius 2 is 1.73 bits per heavy atom. The predicted molar refractivity (Wildman–Crippen MR) is 108 cm³/mol. The number of aryl methyl sites for hydroxylation is 1. The molecule has 2 aromatic rings. The van der Waals surface area contributed by atoms with Gasteiger partial charge >= 0.3 is 15.6 Å². The topological polar surface area (TPSA) is 211 Å². The van der Waals surface area contributed by atoms with Crippen LogP contribution in [0.3, 0.4) is 0 Å². The van der Waals surface area contributed by atoms with E-state index in [4.69, 9.17) is 19.2 Å². The minimum absolute atomic E-state index is 0.115. The largest absolute Gasteiger partial charge is 0.481 e. The number of hydrogen-bond donors (Lipinski definition) is 5. The fraction of sp³-hybridized carbons (Fsp3) is 0.688. The van der Waals surface area contributed by atoms with Gasteiger partial charge in [-0.05, 0) is 12.8 Å². The van der Waals surface area contributed by atoms with Crippen molar-refractivity contribution in [3.05, 3.63) is 18.1 Å². The number of fused-ring (bicyclic) bond motifs is 12. The van der Waals surface area contributed by atoms with Crippen molar-refractivity contribution in [2.45, 2.75) is 56.8 Å². The fourth-order valence-electron chi connectivity index (χ4n) is 3.68. The summed E-state index contributed by atoms with van der Waals surface area (Å²) in [5.74, 6) is 0. The maximum absolute atomic E-state index is 12.1. The molecule has 1 fully saturated rings. The van der Waals surface area contributed by atoms with E-state index in [1.54, 1.807) is 4.57 Å². The summed E-state index contributed by atoms with van der Waals surface area (Å²) < 4.78 is 46.3. The van der Waals surface area contributed by atoms with Crippen LogP contribution in [0.5, 0.6) is 0 Å². The highest BCUT2D eigenvalue weighted by molar-refractivity contribution is 7.61. The summed E-state index contributed by atoms with van der Waals surface area (Å²) in [5, 5.41) is 29.2. The van der Waals surface area contributed by atoms with Crippen molar-refractivity contribution < 1.29 is 47.2 Å². The minimum atomic E-state index is -5.06. The van der Waals surface area contributed by atoms with Gasteiger partial charge in [-0.3, -0.25) is 19.0 Å². The van der Waals surface area contributed by atoms with Crippen LogP contribution in [-0.2, 0) is 33.8 Å². The Morgan fingerprint density at radius 1 is 1.00 bits per heavy atom. The van der Waals surface area contributed by atoms with Crippen molar-refractivity contribution >= 4 is 26.8 Å². The van der Waals surface area contributed by atoms with Gasteiger partial charge in [-0.25, -0.2) is 19.1 Å². The lowest BCUT2D eigenvalue weighted by Crippen LogP contribution is -2.33. The summed E-state index contributed by atoms with van der Waals surface area (Å²) in [6.07, 6.45) is -0.262. The van der Waals surface area contributed by atoms with Gasteiger partial charge in [0.05, 0.1) is 25.9 Å². The molecule has 6 bridgehead atoms. The molecule has 17 heteroatoms. The molecular weight excluding hydrogens is 484 g/mol. The molecule has 0 aliphatic carbocycles. The highest BCUT2D eigenvalue weighted by atomic mass is 31.3. The van der Waals surface area contributed by atoms with Gasteiger partial charge in [0, 0.05) is 6.54 Å². The number of ether oxygens (including phenoxy) is 1. The molecule has 2 unspecified atom stereocenters. The Bertz CT molecular complexity index is 1150. The zero-order valence-electron chi connectivity index (χ0n) is 17.3. The predicted octanol–water partition coefficient (Wildman–Crippen LogP) is 0.156. The maximum atomic E-state index is 12.1. The Balaban J connectivity index is 1.62. The van der Waals surface area contributed by atoms with Crippen LogP contribution in [0.4, 0.5) is 0 Å². The van der Waals surface area contributed by atoms with Crippen LogP contribution in [-0.4, -0.2) is 70.6 Å². The molecule has 0 radical (unpaired) electrons. The second-order valence-electron chi connectivity index (χ2n) is 7.72. The Morgan fingerprint density at radius 3 is 2.52 bits per heavy atom. The first-order valence-corrected chi connectivity index (χ1v) is 13.2. The Labute approximate surface area is 187 Å². The summed E-state index contributed by atoms with van der Waals surface area (Å²) in [5.41, 5.74) is 0.638. The minimum Gasteiger partial charge on any atom is -0.387 e. The van der Waals surface area contributed by atoms with Crippen molar-refractivity contribution in [3.63, 3.8) is 0 Å². The lowest BCUT2D eigenvalue weighted by atomic mass is 10.1. The van der Waals surface area contributed by atoms with E-state index in [0.717, 1.165) is 6.42 Å². The zero-order chi connectivity index (χ0) is 23.8. The maximum Gasteiger partial charge on any atom is 0.481 e. The van der Waals surface area contributed by atoms with Crippen LogP contribution in [0.1, 0.15) is 31.9 Å². The number of rotatable bonds is 0. The quantitative estimate of drug-likeness (QED) is 0.301. The first kappa shape index (κ1) is 24.6. The van der Waals surface area contributed by atoms with Crippen LogP contribution >= 0.6 is 15.6 Å². The molecule has 0 saturated carbocycles. The highest BCUT2D eigenvalue weighted by Crippen LogP contribution is 2.60. The molecule has 3 aliphatic rings. The molecule has 5 N–H and O–H groups in total. The van der Waals surface area contributed by atoms with Crippen LogP contribution in [0, 0.1) is 5.41 Å². The van der Waals surface area contributed by atoms with E-state index in [2.05, 4.69) is 14.3 Å². The lowest BCUT2D eigenvalue weighted by Gasteiger charge is -2.19. The van der Waals surface area contributed by atoms with Crippen molar-refractivity contribution in [1.29, 1.82) is 5.41 Å². The second-order valence-corrected chi connectivity index (χ2v) is 10.8. The van der Waals surface area contributed by atoms with E-state index in [1.165, 1.54) is 17.2 Å². The molecule has 2 aromatic heterocycles. The van der Waals surface area contributed by atoms with Crippen LogP contribution in [0.2, 0.25) is 0 Å². The molecule has 5 rings (SSSR count). The smallest absolute Gasteiger partial charge is 0.387 e. The van der Waals surface area contributed by atoms with Crippen molar-refractivity contribution in [2.24, 2.45) is 0 Å². The monoisotopic (exact) mass is 509 g/mol. The van der Waals surface area contributed by atoms with Crippen molar-refractivity contribution in [1.82, 2.24) is 19.1 Å². The van der Waals surface area contributed by atoms with E-state index in [-0.39, 0.29) is 23.3 Å². The van der Waals surface area contributed by atoms with Crippen molar-refractivity contribution in [3.8, 4) is 0 Å². The number of imidazole rings is 1. The Kier molecular flexibility index (Phi) is 7.18. The Hall–Kier alpha value is -1.51. The second kappa shape index (κ2) is 9.62. The number of phosphoric ester groups is 2. The van der Waals surface area contributed by atoms with E-state index in [0.29, 0.717) is 25.8 Å². The highest BCUT2D eigenvalue weighted by Gasteiger charge is 2.46. The van der Waals surface area contributed by atoms with Gasteiger partial charge in [-0.15, -0.1) is 0 Å². The van der Waals surface area contributed by atoms with Gasteiger partial charge in [0.1, 0.15) is 23.8 Å². The summed E-state index contributed by atoms with van der Waals surface area (Å²) in [7, 11) is -9.94. The number of phosphoric acid groups is 2. The lowest BCUT2D eigenvalue weighted by molar-refractivity contribution is -0.0504. The van der Waals surface area contributed by atoms with Crippen LogP contribution in [0.25, 0.3) is 11.2 Å². The van der Waals surface area contributed by atoms with Gasteiger partial charge in [-0.2, -0.15) is 4.31 Å². The molecule has 3 aliphatic heterocycles.